The van der Waals surface area contributed by atoms with Gasteiger partial charge in [0.2, 0.25) is 5.91 Å². The molecular weight excluding hydrogens is 737 g/mol. The van der Waals surface area contributed by atoms with Gasteiger partial charge < -0.3 is 24.4 Å². The predicted molar refractivity (Wildman–Crippen MR) is 198 cm³/mol. The Labute approximate surface area is 322 Å². The van der Waals surface area contributed by atoms with Crippen LogP contribution in [0.5, 0.6) is 5.75 Å². The molecule has 2 amide bonds. The molecule has 3 saturated heterocycles. The number of tetrazole rings is 1. The molecule has 2 atom stereocenters. The summed E-state index contributed by atoms with van der Waals surface area (Å²) in [5, 5.41) is 23.4. The van der Waals surface area contributed by atoms with Crippen molar-refractivity contribution in [2.24, 2.45) is 0 Å². The van der Waals surface area contributed by atoms with E-state index >= 15 is 0 Å². The Morgan fingerprint density at radius 3 is 2.56 bits per heavy atom. The highest BCUT2D eigenvalue weighted by Crippen LogP contribution is 2.42. The van der Waals surface area contributed by atoms with Crippen LogP contribution in [-0.4, -0.2) is 129 Å². The number of ether oxygens (including phenoxy) is 2. The van der Waals surface area contributed by atoms with E-state index in [1.807, 2.05) is 35.2 Å². The number of hydrogen-bond donors (Lipinski definition) is 2. The molecule has 0 radical (unpaired) electrons. The number of likely N-dealkylation sites (tertiary alicyclic amines) is 2. The zero-order valence-corrected chi connectivity index (χ0v) is 31.2. The van der Waals surface area contributed by atoms with E-state index in [-0.39, 0.29) is 25.0 Å². The second-order valence-electron chi connectivity index (χ2n) is 14.0. The van der Waals surface area contributed by atoms with E-state index in [4.69, 9.17) is 32.7 Å². The summed E-state index contributed by atoms with van der Waals surface area (Å²) in [6.07, 6.45) is 4.61. The van der Waals surface area contributed by atoms with E-state index in [2.05, 4.69) is 30.8 Å². The van der Waals surface area contributed by atoms with Crippen LogP contribution in [0.3, 0.4) is 0 Å². The molecule has 15 nitrogen and oxygen atoms in total. The van der Waals surface area contributed by atoms with Crippen molar-refractivity contribution in [3.05, 3.63) is 94.0 Å². The summed E-state index contributed by atoms with van der Waals surface area (Å²) in [6, 6.07) is 16.5. The minimum atomic E-state index is -1.06. The molecule has 0 saturated carbocycles. The lowest BCUT2D eigenvalue weighted by molar-refractivity contribution is -0.160. The lowest BCUT2D eigenvalue weighted by atomic mass is 9.73. The molecular formula is C37H41Cl2N9O6. The predicted octanol–water partition coefficient (Wildman–Crippen LogP) is 3.40. The number of aromatic nitrogens is 5. The molecule has 0 bridgehead atoms. The van der Waals surface area contributed by atoms with Gasteiger partial charge in [0.15, 0.2) is 6.10 Å². The number of amides is 2. The van der Waals surface area contributed by atoms with Crippen molar-refractivity contribution in [3.8, 4) is 11.4 Å². The number of carboxylic acids is 1. The first kappa shape index (κ1) is 37.6. The number of carbonyl (C=O) groups is 3. The van der Waals surface area contributed by atoms with Gasteiger partial charge in [-0.05, 0) is 104 Å². The van der Waals surface area contributed by atoms with Crippen LogP contribution in [0.4, 0.5) is 0 Å². The van der Waals surface area contributed by atoms with Gasteiger partial charge in [-0.1, -0.05) is 35.3 Å². The van der Waals surface area contributed by atoms with Crippen LogP contribution < -0.4 is 10.2 Å². The van der Waals surface area contributed by atoms with Crippen LogP contribution in [0.2, 0.25) is 10.0 Å². The largest absolute Gasteiger partial charge is 0.496 e. The Balaban J connectivity index is 1.08. The second-order valence-corrected chi connectivity index (χ2v) is 14.8. The number of carbonyl (C=O) groups excluding carboxylic acids is 2. The monoisotopic (exact) mass is 777 g/mol. The van der Waals surface area contributed by atoms with Crippen molar-refractivity contribution in [3.63, 3.8) is 0 Å². The number of halogens is 2. The van der Waals surface area contributed by atoms with E-state index in [1.54, 1.807) is 35.5 Å². The van der Waals surface area contributed by atoms with Crippen molar-refractivity contribution in [2.45, 2.75) is 42.6 Å². The number of benzene rings is 2. The molecule has 2 aromatic carbocycles. The summed E-state index contributed by atoms with van der Waals surface area (Å²) >= 11 is 12.9. The highest BCUT2D eigenvalue weighted by atomic mass is 35.5. The van der Waals surface area contributed by atoms with Gasteiger partial charge in [0.05, 0.1) is 52.7 Å². The van der Waals surface area contributed by atoms with Gasteiger partial charge in [0.1, 0.15) is 12.1 Å². The molecule has 2 N–H and O–H groups in total. The van der Waals surface area contributed by atoms with E-state index in [1.165, 1.54) is 18.1 Å². The van der Waals surface area contributed by atoms with Crippen LogP contribution in [0.25, 0.3) is 5.69 Å². The number of pyridine rings is 1. The topological polar surface area (TPSA) is 168 Å². The number of aliphatic carboxylic acids is 1. The molecule has 7 rings (SSSR count). The molecule has 4 aromatic rings. The number of piperidine rings is 1. The van der Waals surface area contributed by atoms with Crippen LogP contribution in [0.15, 0.2) is 67.1 Å². The van der Waals surface area contributed by atoms with Crippen LogP contribution >= 0.6 is 23.2 Å². The average Bonchev–Trinajstić information content (AvgIpc) is 3.90. The highest BCUT2D eigenvalue weighted by Gasteiger charge is 2.47. The third-order valence-corrected chi connectivity index (χ3v) is 11.7. The summed E-state index contributed by atoms with van der Waals surface area (Å²) in [7, 11) is 1.54. The zero-order valence-electron chi connectivity index (χ0n) is 29.7. The Morgan fingerprint density at radius 2 is 1.85 bits per heavy atom. The zero-order chi connectivity index (χ0) is 37.9. The van der Waals surface area contributed by atoms with Crippen molar-refractivity contribution in [2.75, 3.05) is 59.5 Å². The van der Waals surface area contributed by atoms with Gasteiger partial charge in [0, 0.05) is 31.2 Å². The smallest absolute Gasteiger partial charge is 0.334 e. The lowest BCUT2D eigenvalue weighted by Crippen LogP contribution is -2.59. The summed E-state index contributed by atoms with van der Waals surface area (Å²) in [4.78, 5) is 48.7. The Bertz CT molecular complexity index is 1980. The van der Waals surface area contributed by atoms with Gasteiger partial charge in [-0.3, -0.25) is 20.0 Å². The first-order valence-corrected chi connectivity index (χ1v) is 18.6. The highest BCUT2D eigenvalue weighted by molar-refractivity contribution is 6.42. The lowest BCUT2D eigenvalue weighted by Gasteiger charge is -2.43. The Hall–Kier alpha value is -4.67. The number of hydrogen-bond acceptors (Lipinski definition) is 11. The SMILES string of the molecule is COc1ccc(-n2cnnn2)cc1C(=O)N1CCC(CCN2CCC(C(=O)NN3CCOC(C(=O)O)C3)(c3ccccn3)CC2)(c2ccc(Cl)c(Cl)c2)C1. The number of rotatable bonds is 11. The molecule has 5 heterocycles. The number of carboxylic acid groups (broad SMARTS) is 1. The van der Waals surface area contributed by atoms with E-state index in [0.717, 1.165) is 12.0 Å². The number of nitrogens with zero attached hydrogens (tertiary/aromatic N) is 8. The van der Waals surface area contributed by atoms with Crippen molar-refractivity contribution in [1.82, 2.24) is 45.4 Å². The number of hydrazine groups is 1. The fraction of sp³-hybridized carbons (Fsp3) is 0.432. The fourth-order valence-electron chi connectivity index (χ4n) is 7.84. The Morgan fingerprint density at radius 1 is 1.02 bits per heavy atom. The van der Waals surface area contributed by atoms with Crippen LogP contribution in [-0.2, 0) is 25.2 Å². The second kappa shape index (κ2) is 16.0. The molecule has 0 spiro atoms. The maximum Gasteiger partial charge on any atom is 0.334 e. The number of morpholine rings is 1. The first-order chi connectivity index (χ1) is 26.1. The minimum absolute atomic E-state index is 0.0549. The normalized spacial score (nSPS) is 21.8. The molecule has 3 aliphatic rings. The van der Waals surface area contributed by atoms with Gasteiger partial charge in [0.25, 0.3) is 5.91 Å². The van der Waals surface area contributed by atoms with E-state index in [9.17, 15) is 19.5 Å². The fourth-order valence-corrected chi connectivity index (χ4v) is 8.14. The standard InChI is InChI=1S/C37H41Cl2N9O6/c1-53-30-8-6-26(48-24-41-43-44-48)21-27(30)33(49)46-17-10-36(23-46,25-5-7-28(38)29(39)20-25)9-14-45-15-11-37(12-16-45,32-4-2-3-13-40-32)35(52)42-47-18-19-54-31(22-47)34(50)51/h2-8,13,20-21,24,31H,9-12,14-19,22-23H2,1H3,(H,42,52)(H,50,51). The van der Waals surface area contributed by atoms with Crippen LogP contribution in [0, 0.1) is 0 Å². The average molecular weight is 779 g/mol. The van der Waals surface area contributed by atoms with Gasteiger partial charge in [-0.15, -0.1) is 5.10 Å². The maximum absolute atomic E-state index is 14.2. The quantitative estimate of drug-likeness (QED) is 0.228. The van der Waals surface area contributed by atoms with Crippen molar-refractivity contribution >= 4 is 41.0 Å². The number of nitrogens with one attached hydrogen (secondary N) is 1. The number of methoxy groups -OCH3 is 1. The van der Waals surface area contributed by atoms with Gasteiger partial charge in [-0.2, -0.15) is 0 Å². The van der Waals surface area contributed by atoms with Crippen LogP contribution in [0.1, 0.15) is 47.3 Å². The van der Waals surface area contributed by atoms with Gasteiger partial charge >= 0.3 is 5.97 Å². The summed E-state index contributed by atoms with van der Waals surface area (Å²) in [5.41, 5.74) is 4.41. The molecule has 284 valence electrons. The summed E-state index contributed by atoms with van der Waals surface area (Å²) in [6.45, 7) is 3.58. The van der Waals surface area contributed by atoms with E-state index < -0.39 is 22.9 Å². The molecule has 17 heteroatoms. The molecule has 3 aliphatic heterocycles. The third kappa shape index (κ3) is 7.64. The molecule has 2 unspecified atom stereocenters. The third-order valence-electron chi connectivity index (χ3n) is 11.0. The van der Waals surface area contributed by atoms with Crippen molar-refractivity contribution < 1.29 is 29.0 Å². The Kier molecular flexibility index (Phi) is 11.1. The van der Waals surface area contributed by atoms with Crippen molar-refractivity contribution in [1.29, 1.82) is 0 Å². The maximum atomic E-state index is 14.2. The summed E-state index contributed by atoms with van der Waals surface area (Å²) < 4.78 is 12.4. The minimum Gasteiger partial charge on any atom is -0.496 e. The van der Waals surface area contributed by atoms with E-state index in [0.29, 0.717) is 91.3 Å². The van der Waals surface area contributed by atoms with Gasteiger partial charge in [-0.25, -0.2) is 14.5 Å². The molecule has 3 fully saturated rings. The molecule has 2 aromatic heterocycles. The molecule has 0 aliphatic carbocycles. The first-order valence-electron chi connectivity index (χ1n) is 17.8. The molecule has 54 heavy (non-hydrogen) atoms. The summed E-state index contributed by atoms with van der Waals surface area (Å²) in [5.74, 6) is -0.982.